The summed E-state index contributed by atoms with van der Waals surface area (Å²) >= 11 is 6.15. The third kappa shape index (κ3) is 4.67. The van der Waals surface area contributed by atoms with Gasteiger partial charge in [-0.15, -0.1) is 12.2 Å². The number of benzene rings is 3. The van der Waals surface area contributed by atoms with Gasteiger partial charge in [-0.2, -0.15) is 5.10 Å². The molecule has 0 bridgehead atoms. The molecule has 0 aromatic heterocycles. The van der Waals surface area contributed by atoms with Crippen LogP contribution in [0, 0.1) is 12.3 Å². The van der Waals surface area contributed by atoms with E-state index in [1.807, 2.05) is 41.4 Å². The molecule has 3 aromatic carbocycles. The second kappa shape index (κ2) is 10.4. The topological polar surface area (TPSA) is 32.7 Å². The van der Waals surface area contributed by atoms with Gasteiger partial charge in [-0.1, -0.05) is 72.8 Å². The summed E-state index contributed by atoms with van der Waals surface area (Å²) in [4.78, 5) is 11.9. The van der Waals surface area contributed by atoms with Crippen LogP contribution in [0.25, 0.3) is 11.1 Å². The fourth-order valence-corrected chi connectivity index (χ4v) is 5.46. The molecule has 1 atom stereocenters. The Morgan fingerprint density at radius 1 is 1.03 bits per heavy atom. The van der Waals surface area contributed by atoms with Gasteiger partial charge in [0.15, 0.2) is 0 Å². The van der Waals surface area contributed by atoms with Crippen molar-refractivity contribution in [2.24, 2.45) is 5.10 Å². The zero-order chi connectivity index (χ0) is 25.1. The third-order valence-electron chi connectivity index (χ3n) is 7.08. The van der Waals surface area contributed by atoms with Crippen LogP contribution in [0.2, 0.25) is 5.02 Å². The SMILES string of the molecule is C#CC(=O)CCC(=C=C)N1N=C(c2ccccc2-c2ccc(Cl)cc2)CC1c1cccc2c1CCC2. The number of rotatable bonds is 7. The van der Waals surface area contributed by atoms with Crippen LogP contribution in [0.3, 0.4) is 0 Å². The Morgan fingerprint density at radius 2 is 1.81 bits per heavy atom. The Hall–Kier alpha value is -3.83. The summed E-state index contributed by atoms with van der Waals surface area (Å²) in [6, 6.07) is 22.8. The molecule has 1 heterocycles. The van der Waals surface area contributed by atoms with Crippen molar-refractivity contribution in [3.8, 4) is 23.5 Å². The summed E-state index contributed by atoms with van der Waals surface area (Å²) in [5.41, 5.74) is 12.3. The number of halogens is 1. The predicted molar refractivity (Wildman–Crippen MR) is 147 cm³/mol. The lowest BCUT2D eigenvalue weighted by Crippen LogP contribution is -2.20. The van der Waals surface area contributed by atoms with E-state index in [-0.39, 0.29) is 18.2 Å². The highest BCUT2D eigenvalue weighted by Gasteiger charge is 2.34. The number of aryl methyl sites for hydroxylation is 1. The van der Waals surface area contributed by atoms with Crippen LogP contribution in [0.1, 0.15) is 54.0 Å². The molecule has 178 valence electrons. The largest absolute Gasteiger partial charge is 0.285 e. The Morgan fingerprint density at radius 3 is 2.56 bits per heavy atom. The van der Waals surface area contributed by atoms with Gasteiger partial charge >= 0.3 is 0 Å². The number of carbonyl (C=O) groups is 1. The minimum atomic E-state index is -0.226. The maximum Gasteiger partial charge on any atom is 0.205 e. The maximum atomic E-state index is 11.9. The maximum absolute atomic E-state index is 11.9. The molecule has 0 spiro atoms. The van der Waals surface area contributed by atoms with Crippen molar-refractivity contribution in [2.75, 3.05) is 0 Å². The molecule has 3 aromatic rings. The van der Waals surface area contributed by atoms with Gasteiger partial charge in [0.25, 0.3) is 0 Å². The number of hydrogen-bond acceptors (Lipinski definition) is 3. The smallest absolute Gasteiger partial charge is 0.205 e. The van der Waals surface area contributed by atoms with E-state index in [9.17, 15) is 4.79 Å². The minimum absolute atomic E-state index is 0.0107. The van der Waals surface area contributed by atoms with E-state index in [1.54, 1.807) is 0 Å². The van der Waals surface area contributed by atoms with Crippen molar-refractivity contribution < 1.29 is 4.79 Å². The molecule has 1 unspecified atom stereocenters. The van der Waals surface area contributed by atoms with Crippen molar-refractivity contribution in [3.05, 3.63) is 112 Å². The van der Waals surface area contributed by atoms with Crippen LogP contribution < -0.4 is 0 Å². The fraction of sp³-hybridized carbons (Fsp3) is 0.219. The van der Waals surface area contributed by atoms with Crippen molar-refractivity contribution in [3.63, 3.8) is 0 Å². The number of hydrazone groups is 1. The number of fused-ring (bicyclic) bond motifs is 1. The fourth-order valence-electron chi connectivity index (χ4n) is 5.33. The molecule has 1 aliphatic carbocycles. The number of nitrogens with zero attached hydrogens (tertiary/aromatic N) is 2. The highest BCUT2D eigenvalue weighted by molar-refractivity contribution is 6.30. The van der Waals surface area contributed by atoms with Gasteiger partial charge in [-0.3, -0.25) is 9.80 Å². The summed E-state index contributed by atoms with van der Waals surface area (Å²) in [5.74, 6) is 1.99. The first-order chi connectivity index (χ1) is 17.6. The molecule has 0 amide bonds. The third-order valence-corrected chi connectivity index (χ3v) is 7.33. The second-order valence-electron chi connectivity index (χ2n) is 9.19. The van der Waals surface area contributed by atoms with E-state index < -0.39 is 0 Å². The van der Waals surface area contributed by atoms with Gasteiger partial charge in [-0.25, -0.2) is 0 Å². The zero-order valence-electron chi connectivity index (χ0n) is 20.1. The molecule has 0 radical (unpaired) electrons. The summed E-state index contributed by atoms with van der Waals surface area (Å²) in [6.45, 7) is 3.93. The number of ketones is 1. The van der Waals surface area contributed by atoms with Gasteiger partial charge in [0, 0.05) is 29.8 Å². The Kier molecular flexibility index (Phi) is 6.92. The molecule has 0 fully saturated rings. The molecule has 3 nitrogen and oxygen atoms in total. The summed E-state index contributed by atoms with van der Waals surface area (Å²) in [5, 5.41) is 7.88. The van der Waals surface area contributed by atoms with E-state index >= 15 is 0 Å². The van der Waals surface area contributed by atoms with Gasteiger partial charge < -0.3 is 0 Å². The molecule has 0 N–H and O–H groups in total. The quantitative estimate of drug-likeness (QED) is 0.198. The lowest BCUT2D eigenvalue weighted by Gasteiger charge is -2.27. The van der Waals surface area contributed by atoms with Crippen LogP contribution >= 0.6 is 11.6 Å². The lowest BCUT2D eigenvalue weighted by atomic mass is 9.90. The van der Waals surface area contributed by atoms with Crippen LogP contribution in [0.5, 0.6) is 0 Å². The molecule has 0 saturated heterocycles. The van der Waals surface area contributed by atoms with Crippen molar-refractivity contribution in [1.82, 2.24) is 5.01 Å². The number of carbonyl (C=O) groups excluding carboxylic acids is 1. The molecular formula is C32H27ClN2O. The van der Waals surface area contributed by atoms with E-state index in [2.05, 4.69) is 48.6 Å². The van der Waals surface area contributed by atoms with Crippen LogP contribution in [0.15, 0.2) is 89.8 Å². The predicted octanol–water partition coefficient (Wildman–Crippen LogP) is 7.30. The monoisotopic (exact) mass is 490 g/mol. The average molecular weight is 491 g/mol. The first-order valence-electron chi connectivity index (χ1n) is 12.3. The first kappa shape index (κ1) is 23.9. The van der Waals surface area contributed by atoms with Gasteiger partial charge in [-0.05, 0) is 65.1 Å². The molecule has 0 saturated carbocycles. The molecule has 36 heavy (non-hydrogen) atoms. The zero-order valence-corrected chi connectivity index (χ0v) is 20.9. The number of allylic oxidation sites excluding steroid dienone is 1. The standard InChI is InChI=1S/C32H27ClN2O/c1-3-25(19-20-26(36)4-2)35-32(30-14-8-10-22-9-7-13-28(22)30)21-31(34-35)29-12-6-5-11-27(29)23-15-17-24(33)18-16-23/h2,5-6,8,10-12,14-18,32H,1,7,9,13,19-21H2. The Labute approximate surface area is 217 Å². The van der Waals surface area contributed by atoms with E-state index in [0.717, 1.165) is 47.4 Å². The van der Waals surface area contributed by atoms with Gasteiger partial charge in [0.1, 0.15) is 0 Å². The molecular weight excluding hydrogens is 464 g/mol. The number of hydrogen-bond donors (Lipinski definition) is 0. The number of Topliss-reactive ketones (excluding diaryl/α,β-unsaturated/α-hetero) is 1. The summed E-state index contributed by atoms with van der Waals surface area (Å²) in [6.07, 6.45) is 10.1. The Bertz CT molecular complexity index is 1440. The van der Waals surface area contributed by atoms with E-state index in [0.29, 0.717) is 11.4 Å². The summed E-state index contributed by atoms with van der Waals surface area (Å²) < 4.78 is 0. The molecule has 1 aliphatic heterocycles. The highest BCUT2D eigenvalue weighted by atomic mass is 35.5. The Balaban J connectivity index is 1.58. The highest BCUT2D eigenvalue weighted by Crippen LogP contribution is 2.41. The van der Waals surface area contributed by atoms with Crippen molar-refractivity contribution >= 4 is 23.1 Å². The van der Waals surface area contributed by atoms with Crippen molar-refractivity contribution in [2.45, 2.75) is 44.6 Å². The molecule has 4 heteroatoms. The van der Waals surface area contributed by atoms with Crippen molar-refractivity contribution in [1.29, 1.82) is 0 Å². The van der Waals surface area contributed by atoms with Gasteiger partial charge in [0.2, 0.25) is 5.78 Å². The molecule has 5 rings (SSSR count). The first-order valence-corrected chi connectivity index (χ1v) is 12.7. The van der Waals surface area contributed by atoms with Crippen LogP contribution in [-0.4, -0.2) is 16.5 Å². The molecule has 2 aliphatic rings. The van der Waals surface area contributed by atoms with E-state index in [4.69, 9.17) is 23.1 Å². The van der Waals surface area contributed by atoms with E-state index in [1.165, 1.54) is 23.1 Å². The van der Waals surface area contributed by atoms with Crippen LogP contribution in [0.4, 0.5) is 0 Å². The average Bonchev–Trinajstić information content (AvgIpc) is 3.57. The van der Waals surface area contributed by atoms with Gasteiger partial charge in [0.05, 0.1) is 17.5 Å². The summed E-state index contributed by atoms with van der Waals surface area (Å²) in [7, 11) is 0. The second-order valence-corrected chi connectivity index (χ2v) is 9.63. The normalized spacial score (nSPS) is 16.2. The number of terminal acetylenes is 1. The minimum Gasteiger partial charge on any atom is -0.285 e. The lowest BCUT2D eigenvalue weighted by molar-refractivity contribution is -0.113. The van der Waals surface area contributed by atoms with Crippen LogP contribution in [-0.2, 0) is 17.6 Å².